The second-order valence-corrected chi connectivity index (χ2v) is 5.88. The minimum atomic E-state index is -0.412. The summed E-state index contributed by atoms with van der Waals surface area (Å²) in [6, 6.07) is 7.78. The molecule has 1 N–H and O–H groups in total. The molecule has 1 aliphatic rings. The van der Waals surface area contributed by atoms with E-state index in [1.54, 1.807) is 0 Å². The number of ether oxygens (including phenoxy) is 1. The standard InChI is InChI=1S/C15H20O3/c1-15(2,3)18-14(17)13-8-12(13)11-6-4-10(9-16)5-7-11/h4-7,12-13,16H,8-9H2,1-3H3. The Hall–Kier alpha value is -1.35. The average molecular weight is 248 g/mol. The SMILES string of the molecule is CC(C)(C)OC(=O)C1CC1c1ccc(CO)cc1. The van der Waals surface area contributed by atoms with Gasteiger partial charge in [-0.2, -0.15) is 0 Å². The highest BCUT2D eigenvalue weighted by Crippen LogP contribution is 2.48. The van der Waals surface area contributed by atoms with Crippen LogP contribution in [0.25, 0.3) is 0 Å². The lowest BCUT2D eigenvalue weighted by molar-refractivity contribution is -0.156. The Morgan fingerprint density at radius 3 is 2.44 bits per heavy atom. The fraction of sp³-hybridized carbons (Fsp3) is 0.533. The maximum Gasteiger partial charge on any atom is 0.310 e. The van der Waals surface area contributed by atoms with Crippen molar-refractivity contribution in [2.75, 3.05) is 0 Å². The number of aliphatic hydroxyl groups excluding tert-OH is 1. The number of esters is 1. The van der Waals surface area contributed by atoms with Gasteiger partial charge in [0, 0.05) is 0 Å². The molecule has 0 saturated heterocycles. The van der Waals surface area contributed by atoms with Crippen molar-refractivity contribution < 1.29 is 14.6 Å². The van der Waals surface area contributed by atoms with Crippen LogP contribution in [-0.4, -0.2) is 16.7 Å². The van der Waals surface area contributed by atoms with E-state index in [1.165, 1.54) is 0 Å². The molecule has 1 aromatic carbocycles. The molecule has 1 saturated carbocycles. The van der Waals surface area contributed by atoms with E-state index >= 15 is 0 Å². The molecule has 0 heterocycles. The molecule has 0 amide bonds. The third-order valence-corrected chi connectivity index (χ3v) is 3.09. The number of aliphatic hydroxyl groups is 1. The van der Waals surface area contributed by atoms with E-state index in [9.17, 15) is 4.79 Å². The van der Waals surface area contributed by atoms with Crippen molar-refractivity contribution in [1.82, 2.24) is 0 Å². The van der Waals surface area contributed by atoms with Crippen LogP contribution in [0.3, 0.4) is 0 Å². The number of rotatable bonds is 3. The molecule has 98 valence electrons. The third kappa shape index (κ3) is 3.10. The Kier molecular flexibility index (Phi) is 3.44. The zero-order chi connectivity index (χ0) is 13.3. The van der Waals surface area contributed by atoms with Gasteiger partial charge in [0.25, 0.3) is 0 Å². The zero-order valence-corrected chi connectivity index (χ0v) is 11.1. The van der Waals surface area contributed by atoms with Crippen molar-refractivity contribution in [1.29, 1.82) is 0 Å². The average Bonchev–Trinajstić information content (AvgIpc) is 3.07. The van der Waals surface area contributed by atoms with E-state index in [0.29, 0.717) is 0 Å². The van der Waals surface area contributed by atoms with Crippen LogP contribution < -0.4 is 0 Å². The number of hydrogen-bond donors (Lipinski definition) is 1. The summed E-state index contributed by atoms with van der Waals surface area (Å²) in [4.78, 5) is 11.9. The van der Waals surface area contributed by atoms with Gasteiger partial charge in [-0.05, 0) is 44.2 Å². The largest absolute Gasteiger partial charge is 0.460 e. The quantitative estimate of drug-likeness (QED) is 0.836. The minimum absolute atomic E-state index is 0.00389. The topological polar surface area (TPSA) is 46.5 Å². The van der Waals surface area contributed by atoms with Crippen LogP contribution in [0.2, 0.25) is 0 Å². The molecule has 2 atom stereocenters. The van der Waals surface area contributed by atoms with Gasteiger partial charge in [0.2, 0.25) is 0 Å². The zero-order valence-electron chi connectivity index (χ0n) is 11.1. The molecule has 1 aliphatic carbocycles. The van der Waals surface area contributed by atoms with Gasteiger partial charge in [0.15, 0.2) is 0 Å². The molecule has 3 heteroatoms. The van der Waals surface area contributed by atoms with Gasteiger partial charge in [-0.25, -0.2) is 0 Å². The highest BCUT2D eigenvalue weighted by molar-refractivity contribution is 5.77. The second-order valence-electron chi connectivity index (χ2n) is 5.88. The first-order chi connectivity index (χ1) is 8.40. The molecule has 3 nitrogen and oxygen atoms in total. The van der Waals surface area contributed by atoms with Crippen LogP contribution in [0.1, 0.15) is 44.2 Å². The van der Waals surface area contributed by atoms with Crippen LogP contribution in [0.4, 0.5) is 0 Å². The first kappa shape index (κ1) is 13.1. The molecule has 18 heavy (non-hydrogen) atoms. The predicted molar refractivity (Wildman–Crippen MR) is 69.1 cm³/mol. The summed E-state index contributed by atoms with van der Waals surface area (Å²) >= 11 is 0. The summed E-state index contributed by atoms with van der Waals surface area (Å²) in [7, 11) is 0. The first-order valence-corrected chi connectivity index (χ1v) is 6.33. The molecule has 1 aromatic rings. The normalized spacial score (nSPS) is 22.7. The summed E-state index contributed by atoms with van der Waals surface area (Å²) in [5.41, 5.74) is 1.64. The molecule has 0 aliphatic heterocycles. The maximum atomic E-state index is 11.9. The molecular weight excluding hydrogens is 228 g/mol. The lowest BCUT2D eigenvalue weighted by atomic mass is 10.1. The summed E-state index contributed by atoms with van der Waals surface area (Å²) in [5, 5.41) is 8.98. The van der Waals surface area contributed by atoms with Gasteiger partial charge >= 0.3 is 5.97 Å². The van der Waals surface area contributed by atoms with Gasteiger partial charge < -0.3 is 9.84 Å². The molecule has 2 unspecified atom stereocenters. The molecule has 0 aromatic heterocycles. The third-order valence-electron chi connectivity index (χ3n) is 3.09. The number of carbonyl (C=O) groups is 1. The fourth-order valence-electron chi connectivity index (χ4n) is 2.07. The molecular formula is C15H20O3. The first-order valence-electron chi connectivity index (χ1n) is 6.33. The van der Waals surface area contributed by atoms with E-state index < -0.39 is 5.60 Å². The van der Waals surface area contributed by atoms with Crippen molar-refractivity contribution in [3.8, 4) is 0 Å². The maximum absolute atomic E-state index is 11.9. The molecule has 0 spiro atoms. The van der Waals surface area contributed by atoms with Gasteiger partial charge in [0.05, 0.1) is 12.5 Å². The summed E-state index contributed by atoms with van der Waals surface area (Å²) in [6.07, 6.45) is 0.868. The molecule has 2 rings (SSSR count). The lowest BCUT2D eigenvalue weighted by Gasteiger charge is -2.19. The van der Waals surface area contributed by atoms with Gasteiger partial charge in [-0.1, -0.05) is 24.3 Å². The highest BCUT2D eigenvalue weighted by atomic mass is 16.6. The molecule has 0 radical (unpaired) electrons. The van der Waals surface area contributed by atoms with Gasteiger partial charge in [-0.15, -0.1) is 0 Å². The van der Waals surface area contributed by atoms with E-state index in [0.717, 1.165) is 17.5 Å². The number of carbonyl (C=O) groups excluding carboxylic acids is 1. The van der Waals surface area contributed by atoms with E-state index in [1.807, 2.05) is 45.0 Å². The molecule has 1 fully saturated rings. The smallest absolute Gasteiger partial charge is 0.310 e. The van der Waals surface area contributed by atoms with Gasteiger partial charge in [-0.3, -0.25) is 4.79 Å². The van der Waals surface area contributed by atoms with Crippen LogP contribution in [0.5, 0.6) is 0 Å². The van der Waals surface area contributed by atoms with E-state index in [2.05, 4.69) is 0 Å². The minimum Gasteiger partial charge on any atom is -0.460 e. The Labute approximate surface area is 108 Å². The van der Waals surface area contributed by atoms with Crippen LogP contribution in [-0.2, 0) is 16.1 Å². The number of hydrogen-bond acceptors (Lipinski definition) is 3. The van der Waals surface area contributed by atoms with E-state index in [-0.39, 0.29) is 24.4 Å². The fourth-order valence-corrected chi connectivity index (χ4v) is 2.07. The summed E-state index contributed by atoms with van der Waals surface area (Å²) in [5.74, 6) is 0.190. The van der Waals surface area contributed by atoms with Crippen molar-refractivity contribution in [3.63, 3.8) is 0 Å². The second kappa shape index (κ2) is 4.73. The Morgan fingerprint density at radius 1 is 1.33 bits per heavy atom. The van der Waals surface area contributed by atoms with E-state index in [4.69, 9.17) is 9.84 Å². The van der Waals surface area contributed by atoms with Crippen LogP contribution >= 0.6 is 0 Å². The van der Waals surface area contributed by atoms with Crippen molar-refractivity contribution in [3.05, 3.63) is 35.4 Å². The predicted octanol–water partition coefficient (Wildman–Crippen LogP) is 2.62. The van der Waals surface area contributed by atoms with Crippen LogP contribution in [0.15, 0.2) is 24.3 Å². The van der Waals surface area contributed by atoms with Crippen molar-refractivity contribution in [2.24, 2.45) is 5.92 Å². The Morgan fingerprint density at radius 2 is 1.94 bits per heavy atom. The number of benzene rings is 1. The summed E-state index contributed by atoms with van der Waals surface area (Å²) < 4.78 is 5.38. The van der Waals surface area contributed by atoms with Crippen molar-refractivity contribution in [2.45, 2.75) is 45.3 Å². The highest BCUT2D eigenvalue weighted by Gasteiger charge is 2.46. The monoisotopic (exact) mass is 248 g/mol. The Balaban J connectivity index is 1.96. The molecule has 0 bridgehead atoms. The lowest BCUT2D eigenvalue weighted by Crippen LogP contribution is -2.25. The van der Waals surface area contributed by atoms with Crippen LogP contribution in [0, 0.1) is 5.92 Å². The van der Waals surface area contributed by atoms with Gasteiger partial charge in [0.1, 0.15) is 5.60 Å². The summed E-state index contributed by atoms with van der Waals surface area (Å²) in [6.45, 7) is 5.72. The Bertz CT molecular complexity index is 428. The van der Waals surface area contributed by atoms with Crippen molar-refractivity contribution >= 4 is 5.97 Å².